The van der Waals surface area contributed by atoms with E-state index in [1.807, 2.05) is 0 Å². The van der Waals surface area contributed by atoms with E-state index >= 15 is 0 Å². The number of ether oxygens (including phenoxy) is 1. The minimum atomic E-state index is -0.253. The predicted molar refractivity (Wildman–Crippen MR) is 48.5 cm³/mol. The molecule has 0 saturated carbocycles. The second-order valence-corrected chi connectivity index (χ2v) is 4.27. The maximum absolute atomic E-state index is 11.0. The first-order valence-corrected chi connectivity index (χ1v) is 4.76. The smallest absolute Gasteiger partial charge is 0.407 e. The summed E-state index contributed by atoms with van der Waals surface area (Å²) < 4.78 is 4.96. The molecule has 2 unspecified atom stereocenters. The Morgan fingerprint density at radius 2 is 2.46 bits per heavy atom. The van der Waals surface area contributed by atoms with E-state index in [4.69, 9.17) is 4.74 Å². The van der Waals surface area contributed by atoms with Crippen molar-refractivity contribution in [1.29, 1.82) is 0 Å². The molecule has 4 nitrogen and oxygen atoms in total. The fraction of sp³-hybridized carbons (Fsp3) is 0.889. The molecule has 2 aliphatic heterocycles. The molecule has 4 heteroatoms. The number of carbonyl (C=O) groups excluding carboxylic acids is 1. The molecule has 2 fully saturated rings. The van der Waals surface area contributed by atoms with Gasteiger partial charge in [0.25, 0.3) is 0 Å². The first kappa shape index (κ1) is 8.81. The summed E-state index contributed by atoms with van der Waals surface area (Å²) in [4.78, 5) is 13.3. The van der Waals surface area contributed by atoms with Gasteiger partial charge in [0.05, 0.1) is 5.54 Å². The Labute approximate surface area is 78.2 Å². The summed E-state index contributed by atoms with van der Waals surface area (Å²) in [7, 11) is 2.12. The van der Waals surface area contributed by atoms with Crippen molar-refractivity contribution < 1.29 is 9.53 Å². The highest BCUT2D eigenvalue weighted by molar-refractivity contribution is 5.70. The quantitative estimate of drug-likeness (QED) is 0.598. The van der Waals surface area contributed by atoms with Crippen LogP contribution in [0.25, 0.3) is 0 Å². The van der Waals surface area contributed by atoms with Gasteiger partial charge < -0.3 is 15.0 Å². The van der Waals surface area contributed by atoms with Crippen molar-refractivity contribution in [3.05, 3.63) is 0 Å². The molecule has 2 rings (SSSR count). The lowest BCUT2D eigenvalue weighted by Gasteiger charge is -2.40. The van der Waals surface area contributed by atoms with Crippen LogP contribution in [0.4, 0.5) is 4.79 Å². The maximum Gasteiger partial charge on any atom is 0.407 e. The summed E-state index contributed by atoms with van der Waals surface area (Å²) in [6.45, 7) is 3.76. The summed E-state index contributed by atoms with van der Waals surface area (Å²) in [6, 6.07) is 0.524. The Kier molecular flexibility index (Phi) is 1.95. The predicted octanol–water partition coefficient (Wildman–Crippen LogP) is 0.579. The Balaban J connectivity index is 2.05. The van der Waals surface area contributed by atoms with Crippen molar-refractivity contribution in [2.75, 3.05) is 20.2 Å². The maximum atomic E-state index is 11.0. The van der Waals surface area contributed by atoms with Gasteiger partial charge in [-0.25, -0.2) is 4.79 Å². The molecule has 1 N–H and O–H groups in total. The molecular formula is C9H16N2O2. The van der Waals surface area contributed by atoms with Crippen molar-refractivity contribution in [2.24, 2.45) is 0 Å². The molecule has 0 bridgehead atoms. The fourth-order valence-corrected chi connectivity index (χ4v) is 2.17. The van der Waals surface area contributed by atoms with Crippen molar-refractivity contribution in [3.63, 3.8) is 0 Å². The molecule has 74 valence electrons. The van der Waals surface area contributed by atoms with Crippen LogP contribution in [-0.4, -0.2) is 42.8 Å². The number of carbonyl (C=O) groups is 1. The number of amides is 1. The van der Waals surface area contributed by atoms with E-state index in [2.05, 4.69) is 24.2 Å². The van der Waals surface area contributed by atoms with Gasteiger partial charge in [0.15, 0.2) is 0 Å². The highest BCUT2D eigenvalue weighted by atomic mass is 16.6. The normalized spacial score (nSPS) is 40.5. The largest absolute Gasteiger partial charge is 0.447 e. The Morgan fingerprint density at radius 1 is 1.69 bits per heavy atom. The molecule has 0 aromatic heterocycles. The third-order valence-corrected chi connectivity index (χ3v) is 3.23. The molecule has 2 atom stereocenters. The van der Waals surface area contributed by atoms with Crippen LogP contribution >= 0.6 is 0 Å². The lowest BCUT2D eigenvalue weighted by atomic mass is 9.85. The molecular weight excluding hydrogens is 168 g/mol. The number of hydrogen-bond acceptors (Lipinski definition) is 3. The van der Waals surface area contributed by atoms with Crippen LogP contribution in [0.2, 0.25) is 0 Å². The Morgan fingerprint density at radius 3 is 3.00 bits per heavy atom. The fourth-order valence-electron chi connectivity index (χ4n) is 2.17. The van der Waals surface area contributed by atoms with Crippen LogP contribution < -0.4 is 5.32 Å². The number of nitrogens with zero attached hydrogens (tertiary/aromatic N) is 1. The summed E-state index contributed by atoms with van der Waals surface area (Å²) in [6.07, 6.45) is 1.74. The minimum absolute atomic E-state index is 0.0665. The van der Waals surface area contributed by atoms with Gasteiger partial charge >= 0.3 is 6.09 Å². The van der Waals surface area contributed by atoms with Gasteiger partial charge in [0.1, 0.15) is 6.61 Å². The van der Waals surface area contributed by atoms with E-state index < -0.39 is 0 Å². The summed E-state index contributed by atoms with van der Waals surface area (Å²) in [5.74, 6) is 0. The highest BCUT2D eigenvalue weighted by Crippen LogP contribution is 2.29. The van der Waals surface area contributed by atoms with Gasteiger partial charge in [-0.3, -0.25) is 0 Å². The highest BCUT2D eigenvalue weighted by Gasteiger charge is 2.43. The molecule has 0 aromatic rings. The van der Waals surface area contributed by atoms with Crippen LogP contribution in [-0.2, 0) is 4.74 Å². The van der Waals surface area contributed by atoms with E-state index in [-0.39, 0.29) is 11.6 Å². The van der Waals surface area contributed by atoms with Crippen LogP contribution in [0.3, 0.4) is 0 Å². The van der Waals surface area contributed by atoms with E-state index in [1.165, 1.54) is 0 Å². The van der Waals surface area contributed by atoms with Crippen LogP contribution in [0.15, 0.2) is 0 Å². The average Bonchev–Trinajstić information content (AvgIpc) is 2.42. The van der Waals surface area contributed by atoms with Gasteiger partial charge in [0, 0.05) is 12.6 Å². The van der Waals surface area contributed by atoms with Gasteiger partial charge in [-0.2, -0.15) is 0 Å². The first-order chi connectivity index (χ1) is 6.11. The summed E-state index contributed by atoms with van der Waals surface area (Å²) in [5, 5.41) is 2.93. The molecule has 1 amide bonds. The lowest BCUT2D eigenvalue weighted by Crippen LogP contribution is -2.54. The zero-order valence-corrected chi connectivity index (χ0v) is 8.17. The SMILES string of the molecule is CC1CC2(CCN1C)COC(=O)N2. The molecule has 0 aromatic carbocycles. The number of cyclic esters (lactones) is 1. The third-order valence-electron chi connectivity index (χ3n) is 3.23. The van der Waals surface area contributed by atoms with Crippen LogP contribution in [0.5, 0.6) is 0 Å². The number of likely N-dealkylation sites (tertiary alicyclic amines) is 1. The number of hydrogen-bond donors (Lipinski definition) is 1. The molecule has 2 aliphatic rings. The Bertz CT molecular complexity index is 232. The van der Waals surface area contributed by atoms with Gasteiger partial charge in [-0.05, 0) is 26.8 Å². The van der Waals surface area contributed by atoms with E-state index in [0.717, 1.165) is 19.4 Å². The van der Waals surface area contributed by atoms with Gasteiger partial charge in [-0.1, -0.05) is 0 Å². The first-order valence-electron chi connectivity index (χ1n) is 4.76. The number of nitrogens with one attached hydrogen (secondary N) is 1. The summed E-state index contributed by atoms with van der Waals surface area (Å²) >= 11 is 0. The van der Waals surface area contributed by atoms with Gasteiger partial charge in [-0.15, -0.1) is 0 Å². The number of rotatable bonds is 0. The number of piperidine rings is 1. The van der Waals surface area contributed by atoms with Crippen molar-refractivity contribution in [2.45, 2.75) is 31.3 Å². The number of alkyl carbamates (subject to hydrolysis) is 1. The molecule has 13 heavy (non-hydrogen) atoms. The van der Waals surface area contributed by atoms with E-state index in [9.17, 15) is 4.79 Å². The second kappa shape index (κ2) is 2.87. The summed E-state index contributed by atoms with van der Waals surface area (Å²) in [5.41, 5.74) is -0.0665. The zero-order valence-electron chi connectivity index (χ0n) is 8.17. The second-order valence-electron chi connectivity index (χ2n) is 4.27. The minimum Gasteiger partial charge on any atom is -0.447 e. The monoisotopic (exact) mass is 184 g/mol. The van der Waals surface area contributed by atoms with Crippen LogP contribution in [0, 0.1) is 0 Å². The van der Waals surface area contributed by atoms with Crippen molar-refractivity contribution in [1.82, 2.24) is 10.2 Å². The van der Waals surface area contributed by atoms with E-state index in [1.54, 1.807) is 0 Å². The van der Waals surface area contributed by atoms with Gasteiger partial charge in [0.2, 0.25) is 0 Å². The lowest BCUT2D eigenvalue weighted by molar-refractivity contribution is 0.105. The van der Waals surface area contributed by atoms with Crippen molar-refractivity contribution >= 4 is 6.09 Å². The standard InChI is InChI=1S/C9H16N2O2/c1-7-5-9(3-4-11(7)2)6-13-8(12)10-9/h7H,3-6H2,1-2H3,(H,10,12). The third kappa shape index (κ3) is 1.50. The molecule has 2 heterocycles. The van der Waals surface area contributed by atoms with E-state index in [0.29, 0.717) is 12.6 Å². The zero-order chi connectivity index (χ0) is 9.47. The topological polar surface area (TPSA) is 41.6 Å². The van der Waals surface area contributed by atoms with Crippen LogP contribution in [0.1, 0.15) is 19.8 Å². The molecule has 0 aliphatic carbocycles. The van der Waals surface area contributed by atoms with Crippen molar-refractivity contribution in [3.8, 4) is 0 Å². The molecule has 0 radical (unpaired) electrons. The average molecular weight is 184 g/mol. The Hall–Kier alpha value is -0.770. The molecule has 1 spiro atoms. The molecule has 2 saturated heterocycles.